The number of aryl methyl sites for hydroxylation is 1. The van der Waals surface area contributed by atoms with Crippen LogP contribution >= 0.6 is 0 Å². The summed E-state index contributed by atoms with van der Waals surface area (Å²) in [7, 11) is 3.70. The number of Topliss-reactive ketones (excluding diaryl/α,β-unsaturated/α-hetero) is 2. The standard InChI is InChI=1S/C22H24N2O6/c1-8-4-12(24(2)3)11-6-9-5-10-7-13(25)17(22(23)30)21(29)15(10)19(27)14(9)20(28)16(11)18(8)26/h4,9-10,15,25-27H,5-7H2,1-3H3,(H2,23,30). The number of benzene rings is 1. The quantitative estimate of drug-likeness (QED) is 0.543. The number of aromatic hydroxyl groups is 1. The van der Waals surface area contributed by atoms with E-state index in [4.69, 9.17) is 5.73 Å². The fourth-order valence-electron chi connectivity index (χ4n) is 5.22. The molecule has 0 saturated carbocycles. The summed E-state index contributed by atoms with van der Waals surface area (Å²) in [5, 5.41) is 31.8. The zero-order valence-electron chi connectivity index (χ0n) is 17.0. The summed E-state index contributed by atoms with van der Waals surface area (Å²) in [6.45, 7) is 1.70. The van der Waals surface area contributed by atoms with E-state index in [1.54, 1.807) is 6.92 Å². The highest BCUT2D eigenvalue weighted by Crippen LogP contribution is 2.51. The van der Waals surface area contributed by atoms with Crippen molar-refractivity contribution in [1.82, 2.24) is 0 Å². The summed E-state index contributed by atoms with van der Waals surface area (Å²) in [6.07, 6.45) is 0.828. The predicted molar refractivity (Wildman–Crippen MR) is 108 cm³/mol. The highest BCUT2D eigenvalue weighted by atomic mass is 16.3. The lowest BCUT2D eigenvalue weighted by Crippen LogP contribution is -2.43. The number of amides is 1. The van der Waals surface area contributed by atoms with Crippen LogP contribution in [0.3, 0.4) is 0 Å². The van der Waals surface area contributed by atoms with E-state index in [-0.39, 0.29) is 40.7 Å². The third kappa shape index (κ3) is 2.63. The second-order valence-corrected chi connectivity index (χ2v) is 8.57. The van der Waals surface area contributed by atoms with Crippen molar-refractivity contribution in [3.63, 3.8) is 0 Å². The van der Waals surface area contributed by atoms with Gasteiger partial charge in [0.15, 0.2) is 11.6 Å². The molecule has 158 valence electrons. The maximum Gasteiger partial charge on any atom is 0.255 e. The minimum Gasteiger partial charge on any atom is -0.511 e. The number of carbonyl (C=O) groups excluding carboxylic acids is 3. The minimum atomic E-state index is -1.10. The van der Waals surface area contributed by atoms with Crippen LogP contribution in [0.4, 0.5) is 5.69 Å². The summed E-state index contributed by atoms with van der Waals surface area (Å²) < 4.78 is 0. The molecule has 0 aliphatic heterocycles. The maximum absolute atomic E-state index is 13.4. The normalized spacial score (nSPS) is 25.6. The molecular weight excluding hydrogens is 388 g/mol. The van der Waals surface area contributed by atoms with Crippen LogP contribution in [0.2, 0.25) is 0 Å². The Balaban J connectivity index is 1.89. The Bertz CT molecular complexity index is 1080. The summed E-state index contributed by atoms with van der Waals surface area (Å²) in [4.78, 5) is 39.7. The van der Waals surface area contributed by atoms with Gasteiger partial charge in [0.05, 0.1) is 11.5 Å². The van der Waals surface area contributed by atoms with E-state index in [1.165, 1.54) is 0 Å². The monoisotopic (exact) mass is 412 g/mol. The topological polar surface area (TPSA) is 141 Å². The Kier molecular flexibility index (Phi) is 4.41. The third-order valence-electron chi connectivity index (χ3n) is 6.54. The van der Waals surface area contributed by atoms with E-state index in [1.807, 2.05) is 25.1 Å². The highest BCUT2D eigenvalue weighted by molar-refractivity contribution is 6.22. The van der Waals surface area contributed by atoms with Gasteiger partial charge >= 0.3 is 0 Å². The average molecular weight is 412 g/mol. The molecule has 0 saturated heterocycles. The van der Waals surface area contributed by atoms with Gasteiger partial charge in [0.1, 0.15) is 22.8 Å². The Morgan fingerprint density at radius 3 is 2.43 bits per heavy atom. The second-order valence-electron chi connectivity index (χ2n) is 8.57. The van der Waals surface area contributed by atoms with Crippen LogP contribution in [-0.4, -0.2) is 46.9 Å². The molecule has 5 N–H and O–H groups in total. The number of aliphatic hydroxyl groups is 2. The van der Waals surface area contributed by atoms with Crippen LogP contribution < -0.4 is 10.6 Å². The number of carbonyl (C=O) groups is 3. The Morgan fingerprint density at radius 1 is 1.17 bits per heavy atom. The van der Waals surface area contributed by atoms with Gasteiger partial charge in [-0.2, -0.15) is 0 Å². The van der Waals surface area contributed by atoms with E-state index in [0.717, 1.165) is 5.69 Å². The molecule has 3 unspecified atom stereocenters. The maximum atomic E-state index is 13.4. The van der Waals surface area contributed by atoms with Crippen molar-refractivity contribution in [3.8, 4) is 5.75 Å². The Labute approximate surface area is 173 Å². The molecule has 8 heteroatoms. The highest BCUT2D eigenvalue weighted by Gasteiger charge is 2.50. The van der Waals surface area contributed by atoms with E-state index in [0.29, 0.717) is 24.0 Å². The molecule has 0 aromatic heterocycles. The summed E-state index contributed by atoms with van der Waals surface area (Å²) in [5.74, 6) is -5.10. The van der Waals surface area contributed by atoms with Crippen molar-refractivity contribution in [2.45, 2.75) is 26.2 Å². The van der Waals surface area contributed by atoms with Crippen molar-refractivity contribution in [2.75, 3.05) is 19.0 Å². The molecule has 8 nitrogen and oxygen atoms in total. The van der Waals surface area contributed by atoms with Crippen LogP contribution in [0.5, 0.6) is 5.75 Å². The van der Waals surface area contributed by atoms with Crippen molar-refractivity contribution in [3.05, 3.63) is 45.4 Å². The summed E-state index contributed by atoms with van der Waals surface area (Å²) in [5.41, 5.74) is 7.03. The molecule has 4 rings (SSSR count). The SMILES string of the molecule is Cc1cc(N(C)C)c2c(c1O)C(=O)C1=C(O)C3C(=O)C(C(N)=O)=C(O)CC3CC1C2. The van der Waals surface area contributed by atoms with Crippen molar-refractivity contribution in [1.29, 1.82) is 0 Å². The lowest BCUT2D eigenvalue weighted by molar-refractivity contribution is -0.126. The van der Waals surface area contributed by atoms with Gasteiger partial charge in [0.2, 0.25) is 0 Å². The molecule has 30 heavy (non-hydrogen) atoms. The van der Waals surface area contributed by atoms with E-state index < -0.39 is 34.9 Å². The minimum absolute atomic E-state index is 0.0310. The fraction of sp³-hybridized carbons (Fsp3) is 0.409. The Hall–Kier alpha value is -3.29. The van der Waals surface area contributed by atoms with Gasteiger partial charge in [-0.1, -0.05) is 0 Å². The molecule has 1 aromatic carbocycles. The van der Waals surface area contributed by atoms with Gasteiger partial charge in [0.25, 0.3) is 5.91 Å². The number of phenols is 1. The first-order valence-corrected chi connectivity index (χ1v) is 9.81. The number of nitrogens with two attached hydrogens (primary N) is 1. The summed E-state index contributed by atoms with van der Waals surface area (Å²) >= 11 is 0. The van der Waals surface area contributed by atoms with Gasteiger partial charge in [-0.15, -0.1) is 0 Å². The smallest absolute Gasteiger partial charge is 0.255 e. The van der Waals surface area contributed by atoms with Crippen molar-refractivity contribution in [2.24, 2.45) is 23.5 Å². The second kappa shape index (κ2) is 6.62. The number of anilines is 1. The third-order valence-corrected chi connectivity index (χ3v) is 6.54. The zero-order valence-corrected chi connectivity index (χ0v) is 17.0. The van der Waals surface area contributed by atoms with E-state index >= 15 is 0 Å². The largest absolute Gasteiger partial charge is 0.511 e. The first-order valence-electron chi connectivity index (χ1n) is 9.81. The van der Waals surface area contributed by atoms with Crippen molar-refractivity contribution >= 4 is 23.2 Å². The number of primary amides is 1. The molecule has 0 radical (unpaired) electrons. The van der Waals surface area contributed by atoms with Crippen molar-refractivity contribution < 1.29 is 29.7 Å². The van der Waals surface area contributed by atoms with Crippen LogP contribution in [-0.2, 0) is 16.0 Å². The van der Waals surface area contributed by atoms with E-state index in [9.17, 15) is 29.7 Å². The number of ketones is 2. The van der Waals surface area contributed by atoms with Crippen LogP contribution in [0.25, 0.3) is 0 Å². The molecule has 0 bridgehead atoms. The molecule has 3 aliphatic carbocycles. The molecule has 3 atom stereocenters. The molecule has 0 fully saturated rings. The lowest BCUT2D eigenvalue weighted by atomic mass is 9.62. The average Bonchev–Trinajstić information content (AvgIpc) is 2.63. The van der Waals surface area contributed by atoms with Crippen LogP contribution in [0.1, 0.15) is 34.3 Å². The first kappa shape index (κ1) is 20.0. The van der Waals surface area contributed by atoms with Gasteiger partial charge in [-0.25, -0.2) is 0 Å². The number of allylic oxidation sites excluding steroid dienone is 3. The van der Waals surface area contributed by atoms with Gasteiger partial charge in [-0.3, -0.25) is 14.4 Å². The molecule has 0 spiro atoms. The number of phenolic OH excluding ortho intramolecular Hbond substituents is 1. The van der Waals surface area contributed by atoms with E-state index in [2.05, 4.69) is 0 Å². The molecule has 3 aliphatic rings. The number of rotatable bonds is 2. The number of hydrogen-bond donors (Lipinski definition) is 4. The van der Waals surface area contributed by atoms with Crippen LogP contribution in [0.15, 0.2) is 28.7 Å². The molecular formula is C22H24N2O6. The van der Waals surface area contributed by atoms with Crippen LogP contribution in [0, 0.1) is 24.7 Å². The number of nitrogens with zero attached hydrogens (tertiary/aromatic N) is 1. The molecule has 1 amide bonds. The predicted octanol–water partition coefficient (Wildman–Crippen LogP) is 1.84. The number of fused-ring (bicyclic) bond motifs is 3. The molecule has 1 aromatic rings. The zero-order chi connectivity index (χ0) is 22.1. The van der Waals surface area contributed by atoms with Gasteiger partial charge in [0, 0.05) is 31.8 Å². The van der Waals surface area contributed by atoms with Gasteiger partial charge in [-0.05, 0) is 48.8 Å². The van der Waals surface area contributed by atoms with Gasteiger partial charge < -0.3 is 26.0 Å². The number of aliphatic hydroxyl groups excluding tert-OH is 2. The molecule has 0 heterocycles. The Morgan fingerprint density at radius 2 is 1.83 bits per heavy atom. The number of hydrogen-bond acceptors (Lipinski definition) is 7. The fourth-order valence-corrected chi connectivity index (χ4v) is 5.22. The summed E-state index contributed by atoms with van der Waals surface area (Å²) in [6, 6.07) is 1.82. The first-order chi connectivity index (χ1) is 14.0. The lowest BCUT2D eigenvalue weighted by Gasteiger charge is -2.41.